The summed E-state index contributed by atoms with van der Waals surface area (Å²) in [5, 5.41) is 5.20. The minimum Gasteiger partial charge on any atom is -0.483 e. The number of carbonyl (C=O) groups is 2. The highest BCUT2D eigenvalue weighted by Crippen LogP contribution is 2.30. The molecular formula is C21H21N3O3S. The van der Waals surface area contributed by atoms with E-state index in [-0.39, 0.29) is 12.5 Å². The molecular weight excluding hydrogens is 374 g/mol. The van der Waals surface area contributed by atoms with E-state index in [0.717, 1.165) is 16.8 Å². The molecule has 1 aromatic heterocycles. The molecule has 0 radical (unpaired) electrons. The zero-order valence-electron chi connectivity index (χ0n) is 15.9. The number of nitrogens with one attached hydrogen (secondary N) is 1. The molecule has 0 atom stereocenters. The van der Waals surface area contributed by atoms with Crippen LogP contribution in [0.3, 0.4) is 0 Å². The third-order valence-corrected chi connectivity index (χ3v) is 5.10. The average molecular weight is 395 g/mol. The monoisotopic (exact) mass is 395 g/mol. The Bertz CT molecular complexity index is 1040. The number of hydrogen-bond donors (Lipinski definition) is 2. The van der Waals surface area contributed by atoms with Crippen LogP contribution in [0.5, 0.6) is 5.75 Å². The lowest BCUT2D eigenvalue weighted by atomic mass is 9.99. The standard InChI is InChI=1S/C21H21N3O3S/c1-12-8-14(3)16(9-13(12)2)17-11-28-21(23-17)24-20(26)15-6-4-5-7-18(15)27-10-19(22)25/h4-9,11H,10H2,1-3H3,(H2,22,25)(H,23,24,26). The van der Waals surface area contributed by atoms with Crippen LogP contribution in [0, 0.1) is 20.8 Å². The van der Waals surface area contributed by atoms with Crippen molar-refractivity contribution in [1.29, 1.82) is 0 Å². The van der Waals surface area contributed by atoms with Crippen LogP contribution in [0.25, 0.3) is 11.3 Å². The molecule has 7 heteroatoms. The molecule has 2 amide bonds. The summed E-state index contributed by atoms with van der Waals surface area (Å²) in [4.78, 5) is 28.1. The van der Waals surface area contributed by atoms with Crippen LogP contribution in [0.15, 0.2) is 41.8 Å². The highest BCUT2D eigenvalue weighted by Gasteiger charge is 2.15. The second-order valence-corrected chi connectivity index (χ2v) is 7.35. The number of anilines is 1. The summed E-state index contributed by atoms with van der Waals surface area (Å²) in [5.41, 5.74) is 10.8. The maximum absolute atomic E-state index is 12.7. The second-order valence-electron chi connectivity index (χ2n) is 6.49. The number of nitrogens with two attached hydrogens (primary N) is 1. The first kappa shape index (κ1) is 19.6. The van der Waals surface area contributed by atoms with Crippen molar-refractivity contribution >= 4 is 28.3 Å². The molecule has 2 aromatic carbocycles. The van der Waals surface area contributed by atoms with Gasteiger partial charge >= 0.3 is 0 Å². The maximum atomic E-state index is 12.7. The molecule has 144 valence electrons. The Morgan fingerprint density at radius 1 is 1.11 bits per heavy atom. The van der Waals surface area contributed by atoms with Gasteiger partial charge in [0.1, 0.15) is 5.75 Å². The number of aromatic nitrogens is 1. The number of para-hydroxylation sites is 1. The van der Waals surface area contributed by atoms with Crippen LogP contribution in [-0.2, 0) is 4.79 Å². The Balaban J connectivity index is 1.80. The summed E-state index contributed by atoms with van der Waals surface area (Å²) < 4.78 is 5.32. The number of benzene rings is 2. The summed E-state index contributed by atoms with van der Waals surface area (Å²) in [7, 11) is 0. The van der Waals surface area contributed by atoms with Gasteiger partial charge in [-0.3, -0.25) is 14.9 Å². The zero-order valence-corrected chi connectivity index (χ0v) is 16.7. The molecule has 0 bridgehead atoms. The summed E-state index contributed by atoms with van der Waals surface area (Å²) >= 11 is 1.35. The van der Waals surface area contributed by atoms with Gasteiger partial charge in [0, 0.05) is 10.9 Å². The number of nitrogens with zero attached hydrogens (tertiary/aromatic N) is 1. The molecule has 6 nitrogen and oxygen atoms in total. The Morgan fingerprint density at radius 2 is 1.82 bits per heavy atom. The highest BCUT2D eigenvalue weighted by molar-refractivity contribution is 7.14. The molecule has 0 spiro atoms. The van der Waals surface area contributed by atoms with Crippen LogP contribution >= 0.6 is 11.3 Å². The molecule has 0 aliphatic carbocycles. The lowest BCUT2D eigenvalue weighted by Gasteiger charge is -2.09. The Labute approximate surface area is 167 Å². The second kappa shape index (κ2) is 8.22. The van der Waals surface area contributed by atoms with E-state index >= 15 is 0 Å². The minimum atomic E-state index is -0.608. The Morgan fingerprint density at radius 3 is 2.57 bits per heavy atom. The molecule has 3 N–H and O–H groups in total. The fourth-order valence-corrected chi connectivity index (χ4v) is 3.49. The topological polar surface area (TPSA) is 94.3 Å². The highest BCUT2D eigenvalue weighted by atomic mass is 32.1. The van der Waals surface area contributed by atoms with Gasteiger partial charge in [0.05, 0.1) is 11.3 Å². The zero-order chi connectivity index (χ0) is 20.3. The van der Waals surface area contributed by atoms with E-state index in [2.05, 4.69) is 36.3 Å². The van der Waals surface area contributed by atoms with Gasteiger partial charge < -0.3 is 10.5 Å². The Kier molecular flexibility index (Phi) is 5.75. The molecule has 0 unspecified atom stereocenters. The van der Waals surface area contributed by atoms with Gasteiger partial charge in [0.2, 0.25) is 0 Å². The molecule has 0 saturated heterocycles. The van der Waals surface area contributed by atoms with E-state index in [9.17, 15) is 9.59 Å². The van der Waals surface area contributed by atoms with Crippen molar-refractivity contribution in [1.82, 2.24) is 4.98 Å². The normalized spacial score (nSPS) is 10.5. The molecule has 1 heterocycles. The average Bonchev–Trinajstić information content (AvgIpc) is 3.11. The third kappa shape index (κ3) is 4.37. The summed E-state index contributed by atoms with van der Waals surface area (Å²) in [6.07, 6.45) is 0. The maximum Gasteiger partial charge on any atom is 0.261 e. The van der Waals surface area contributed by atoms with Gasteiger partial charge in [0.25, 0.3) is 11.8 Å². The fraction of sp³-hybridized carbons (Fsp3) is 0.190. The number of rotatable bonds is 6. The first-order chi connectivity index (χ1) is 13.3. The number of hydrogen-bond acceptors (Lipinski definition) is 5. The van der Waals surface area contributed by atoms with Crippen LogP contribution in [-0.4, -0.2) is 23.4 Å². The predicted octanol–water partition coefficient (Wildman–Crippen LogP) is 3.85. The van der Waals surface area contributed by atoms with Gasteiger partial charge in [-0.15, -0.1) is 11.3 Å². The van der Waals surface area contributed by atoms with Crippen molar-refractivity contribution in [2.24, 2.45) is 5.73 Å². The van der Waals surface area contributed by atoms with Crippen molar-refractivity contribution in [2.45, 2.75) is 20.8 Å². The largest absolute Gasteiger partial charge is 0.483 e. The summed E-state index contributed by atoms with van der Waals surface area (Å²) in [6.45, 7) is 5.90. The van der Waals surface area contributed by atoms with Crippen molar-refractivity contribution < 1.29 is 14.3 Å². The van der Waals surface area contributed by atoms with Crippen molar-refractivity contribution in [3.63, 3.8) is 0 Å². The lowest BCUT2D eigenvalue weighted by molar-refractivity contribution is -0.119. The number of primary amides is 1. The summed E-state index contributed by atoms with van der Waals surface area (Å²) in [6, 6.07) is 10.9. The van der Waals surface area contributed by atoms with Crippen molar-refractivity contribution in [3.05, 3.63) is 64.0 Å². The lowest BCUT2D eigenvalue weighted by Crippen LogP contribution is -2.21. The fourth-order valence-electron chi connectivity index (χ4n) is 2.78. The number of amides is 2. The van der Waals surface area contributed by atoms with Crippen molar-refractivity contribution in [2.75, 3.05) is 11.9 Å². The van der Waals surface area contributed by atoms with E-state index in [1.807, 2.05) is 12.3 Å². The van der Waals surface area contributed by atoms with Gasteiger partial charge in [-0.05, 0) is 55.7 Å². The SMILES string of the molecule is Cc1cc(C)c(-c2csc(NC(=O)c3ccccc3OCC(N)=O)n2)cc1C. The molecule has 28 heavy (non-hydrogen) atoms. The van der Waals surface area contributed by atoms with E-state index in [1.165, 1.54) is 22.5 Å². The number of carbonyl (C=O) groups excluding carboxylic acids is 2. The van der Waals surface area contributed by atoms with Gasteiger partial charge in [0.15, 0.2) is 11.7 Å². The summed E-state index contributed by atoms with van der Waals surface area (Å²) in [5.74, 6) is -0.679. The number of aryl methyl sites for hydroxylation is 3. The van der Waals surface area contributed by atoms with Crippen LogP contribution in [0.2, 0.25) is 0 Å². The first-order valence-electron chi connectivity index (χ1n) is 8.70. The smallest absolute Gasteiger partial charge is 0.261 e. The van der Waals surface area contributed by atoms with E-state index in [4.69, 9.17) is 10.5 Å². The van der Waals surface area contributed by atoms with E-state index in [0.29, 0.717) is 16.4 Å². The molecule has 3 aromatic rings. The van der Waals surface area contributed by atoms with Crippen LogP contribution in [0.1, 0.15) is 27.0 Å². The third-order valence-electron chi connectivity index (χ3n) is 4.34. The quantitative estimate of drug-likeness (QED) is 0.663. The van der Waals surface area contributed by atoms with Gasteiger partial charge in [-0.1, -0.05) is 18.2 Å². The Hall–Kier alpha value is -3.19. The van der Waals surface area contributed by atoms with Crippen LogP contribution in [0.4, 0.5) is 5.13 Å². The van der Waals surface area contributed by atoms with Gasteiger partial charge in [-0.25, -0.2) is 4.98 Å². The van der Waals surface area contributed by atoms with E-state index < -0.39 is 5.91 Å². The van der Waals surface area contributed by atoms with Gasteiger partial charge in [-0.2, -0.15) is 0 Å². The molecule has 0 saturated carbocycles. The van der Waals surface area contributed by atoms with Crippen LogP contribution < -0.4 is 15.8 Å². The molecule has 0 fully saturated rings. The number of ether oxygens (including phenoxy) is 1. The predicted molar refractivity (Wildman–Crippen MR) is 111 cm³/mol. The molecule has 0 aliphatic heterocycles. The molecule has 3 rings (SSSR count). The molecule has 0 aliphatic rings. The number of thiazole rings is 1. The minimum absolute atomic E-state index is 0.292. The van der Waals surface area contributed by atoms with E-state index in [1.54, 1.807) is 24.3 Å². The van der Waals surface area contributed by atoms with Crippen molar-refractivity contribution in [3.8, 4) is 17.0 Å². The first-order valence-corrected chi connectivity index (χ1v) is 9.58.